The molecular formula is C14H20N2O2. The standard InChI is InChI=1S/C14H20N2O2/c1-11(2)10-18-12-3-4-14(13(15)9-12)16-5-7-17-8-6-16/h3-4,9H,1,5-8,10,15H2,2H3. The molecule has 4 nitrogen and oxygen atoms in total. The monoisotopic (exact) mass is 248 g/mol. The van der Waals surface area contributed by atoms with E-state index in [-0.39, 0.29) is 0 Å². The number of anilines is 2. The Hall–Kier alpha value is -1.68. The SMILES string of the molecule is C=C(C)COc1ccc(N2CCOCC2)c(N)c1. The molecule has 0 aromatic heterocycles. The van der Waals surface area contributed by atoms with Crippen molar-refractivity contribution < 1.29 is 9.47 Å². The number of nitrogens with zero attached hydrogens (tertiary/aromatic N) is 1. The number of ether oxygens (including phenoxy) is 2. The molecule has 0 radical (unpaired) electrons. The van der Waals surface area contributed by atoms with Gasteiger partial charge in [0.15, 0.2) is 0 Å². The first-order valence-electron chi connectivity index (χ1n) is 6.16. The number of nitrogen functional groups attached to an aromatic ring is 1. The molecule has 1 heterocycles. The molecule has 1 fully saturated rings. The molecule has 4 heteroatoms. The van der Waals surface area contributed by atoms with Gasteiger partial charge in [0.25, 0.3) is 0 Å². The third kappa shape index (κ3) is 3.17. The van der Waals surface area contributed by atoms with E-state index in [1.165, 1.54) is 0 Å². The van der Waals surface area contributed by atoms with Gasteiger partial charge in [-0.05, 0) is 24.6 Å². The van der Waals surface area contributed by atoms with Crippen molar-refractivity contribution in [3.63, 3.8) is 0 Å². The average molecular weight is 248 g/mol. The number of hydrogen-bond donors (Lipinski definition) is 1. The van der Waals surface area contributed by atoms with Crippen LogP contribution in [0.1, 0.15) is 6.92 Å². The minimum Gasteiger partial charge on any atom is -0.489 e. The molecule has 0 spiro atoms. The molecule has 0 amide bonds. The fourth-order valence-electron chi connectivity index (χ4n) is 1.92. The van der Waals surface area contributed by atoms with Crippen LogP contribution in [0.4, 0.5) is 11.4 Å². The molecule has 0 bridgehead atoms. The second-order valence-corrected chi connectivity index (χ2v) is 4.57. The molecule has 1 aliphatic heterocycles. The Kier molecular flexibility index (Phi) is 4.10. The van der Waals surface area contributed by atoms with Gasteiger partial charge in [-0.25, -0.2) is 0 Å². The summed E-state index contributed by atoms with van der Waals surface area (Å²) in [4.78, 5) is 2.24. The molecule has 1 aromatic carbocycles. The molecule has 98 valence electrons. The molecule has 0 saturated carbocycles. The lowest BCUT2D eigenvalue weighted by Crippen LogP contribution is -2.36. The molecule has 2 N–H and O–H groups in total. The van der Waals surface area contributed by atoms with Crippen molar-refractivity contribution >= 4 is 11.4 Å². The Balaban J connectivity index is 2.06. The lowest BCUT2D eigenvalue weighted by atomic mass is 10.2. The van der Waals surface area contributed by atoms with E-state index in [9.17, 15) is 0 Å². The summed E-state index contributed by atoms with van der Waals surface area (Å²) in [6.45, 7) is 9.55. The first-order valence-corrected chi connectivity index (χ1v) is 6.16. The van der Waals surface area contributed by atoms with Crippen molar-refractivity contribution in [2.45, 2.75) is 6.92 Å². The minimum atomic E-state index is 0.524. The maximum Gasteiger partial charge on any atom is 0.122 e. The highest BCUT2D eigenvalue weighted by Gasteiger charge is 2.13. The van der Waals surface area contributed by atoms with Gasteiger partial charge < -0.3 is 20.1 Å². The summed E-state index contributed by atoms with van der Waals surface area (Å²) in [6.07, 6.45) is 0. The Labute approximate surface area is 108 Å². The Morgan fingerprint density at radius 1 is 1.44 bits per heavy atom. The number of hydrogen-bond acceptors (Lipinski definition) is 4. The summed E-state index contributed by atoms with van der Waals surface area (Å²) in [5, 5.41) is 0. The van der Waals surface area contributed by atoms with E-state index >= 15 is 0 Å². The molecule has 0 aliphatic carbocycles. The summed E-state index contributed by atoms with van der Waals surface area (Å²) in [5.74, 6) is 0.785. The quantitative estimate of drug-likeness (QED) is 0.654. The van der Waals surface area contributed by atoms with Gasteiger partial charge in [-0.15, -0.1) is 0 Å². The average Bonchev–Trinajstić information content (AvgIpc) is 2.37. The van der Waals surface area contributed by atoms with Gasteiger partial charge in [-0.1, -0.05) is 6.58 Å². The van der Waals surface area contributed by atoms with Crippen molar-refractivity contribution in [3.05, 3.63) is 30.4 Å². The van der Waals surface area contributed by atoms with E-state index in [0.29, 0.717) is 6.61 Å². The van der Waals surface area contributed by atoms with Crippen molar-refractivity contribution in [1.29, 1.82) is 0 Å². The molecular weight excluding hydrogens is 228 g/mol. The van der Waals surface area contributed by atoms with Crippen molar-refractivity contribution in [2.75, 3.05) is 43.5 Å². The molecule has 1 aliphatic rings. The maximum absolute atomic E-state index is 6.07. The number of rotatable bonds is 4. The van der Waals surface area contributed by atoms with E-state index in [1.54, 1.807) is 0 Å². The molecule has 0 atom stereocenters. The number of morpholine rings is 1. The van der Waals surface area contributed by atoms with Gasteiger partial charge in [0.1, 0.15) is 12.4 Å². The first kappa shape index (κ1) is 12.8. The van der Waals surface area contributed by atoms with Crippen LogP contribution in [-0.4, -0.2) is 32.9 Å². The lowest BCUT2D eigenvalue weighted by molar-refractivity contribution is 0.123. The molecule has 0 unspecified atom stereocenters. The maximum atomic E-state index is 6.07. The molecule has 1 aromatic rings. The van der Waals surface area contributed by atoms with Crippen LogP contribution in [0.3, 0.4) is 0 Å². The zero-order chi connectivity index (χ0) is 13.0. The summed E-state index contributed by atoms with van der Waals surface area (Å²) in [5.41, 5.74) is 8.87. The molecule has 1 saturated heterocycles. The van der Waals surface area contributed by atoms with Crippen LogP contribution in [0, 0.1) is 0 Å². The first-order chi connectivity index (χ1) is 8.66. The van der Waals surface area contributed by atoms with Crippen LogP contribution in [0.25, 0.3) is 0 Å². The van der Waals surface area contributed by atoms with Gasteiger partial charge >= 0.3 is 0 Å². The number of benzene rings is 1. The van der Waals surface area contributed by atoms with Crippen LogP contribution in [-0.2, 0) is 4.74 Å². The van der Waals surface area contributed by atoms with Gasteiger partial charge in [-0.3, -0.25) is 0 Å². The normalized spacial score (nSPS) is 15.5. The van der Waals surface area contributed by atoms with Crippen molar-refractivity contribution in [3.8, 4) is 5.75 Å². The third-order valence-corrected chi connectivity index (χ3v) is 2.84. The van der Waals surface area contributed by atoms with E-state index in [2.05, 4.69) is 11.5 Å². The molecule has 2 rings (SSSR count). The van der Waals surface area contributed by atoms with Crippen molar-refractivity contribution in [2.24, 2.45) is 0 Å². The van der Waals surface area contributed by atoms with E-state index < -0.39 is 0 Å². The lowest BCUT2D eigenvalue weighted by Gasteiger charge is -2.30. The zero-order valence-corrected chi connectivity index (χ0v) is 10.8. The predicted octanol–water partition coefficient (Wildman–Crippen LogP) is 2.06. The van der Waals surface area contributed by atoms with Crippen LogP contribution in [0.5, 0.6) is 5.75 Å². The van der Waals surface area contributed by atoms with E-state index in [1.807, 2.05) is 25.1 Å². The molecule has 18 heavy (non-hydrogen) atoms. The minimum absolute atomic E-state index is 0.524. The van der Waals surface area contributed by atoms with Crippen LogP contribution in [0.2, 0.25) is 0 Å². The smallest absolute Gasteiger partial charge is 0.122 e. The summed E-state index contributed by atoms with van der Waals surface area (Å²) in [7, 11) is 0. The fourth-order valence-corrected chi connectivity index (χ4v) is 1.92. The topological polar surface area (TPSA) is 47.7 Å². The summed E-state index contributed by atoms with van der Waals surface area (Å²) >= 11 is 0. The highest BCUT2D eigenvalue weighted by molar-refractivity contribution is 5.69. The van der Waals surface area contributed by atoms with Gasteiger partial charge in [0, 0.05) is 19.2 Å². The largest absolute Gasteiger partial charge is 0.489 e. The van der Waals surface area contributed by atoms with Crippen molar-refractivity contribution in [1.82, 2.24) is 0 Å². The van der Waals surface area contributed by atoms with E-state index in [0.717, 1.165) is 49.0 Å². The highest BCUT2D eigenvalue weighted by atomic mass is 16.5. The van der Waals surface area contributed by atoms with E-state index in [4.69, 9.17) is 15.2 Å². The van der Waals surface area contributed by atoms with Crippen LogP contribution < -0.4 is 15.4 Å². The van der Waals surface area contributed by atoms with Gasteiger partial charge in [0.05, 0.1) is 24.6 Å². The predicted molar refractivity (Wildman–Crippen MR) is 74.2 cm³/mol. The number of nitrogens with two attached hydrogens (primary N) is 1. The highest BCUT2D eigenvalue weighted by Crippen LogP contribution is 2.28. The summed E-state index contributed by atoms with van der Waals surface area (Å²) in [6, 6.07) is 5.83. The van der Waals surface area contributed by atoms with Crippen LogP contribution in [0.15, 0.2) is 30.4 Å². The Morgan fingerprint density at radius 2 is 2.17 bits per heavy atom. The van der Waals surface area contributed by atoms with Gasteiger partial charge in [0.2, 0.25) is 0 Å². The van der Waals surface area contributed by atoms with Crippen LogP contribution >= 0.6 is 0 Å². The zero-order valence-electron chi connectivity index (χ0n) is 10.8. The Bertz CT molecular complexity index is 426. The van der Waals surface area contributed by atoms with Gasteiger partial charge in [-0.2, -0.15) is 0 Å². The second-order valence-electron chi connectivity index (χ2n) is 4.57. The fraction of sp³-hybridized carbons (Fsp3) is 0.429. The third-order valence-electron chi connectivity index (χ3n) is 2.84. The Morgan fingerprint density at radius 3 is 2.78 bits per heavy atom. The second kappa shape index (κ2) is 5.78. The summed E-state index contributed by atoms with van der Waals surface area (Å²) < 4.78 is 10.9.